The molecular weight excluding hydrogens is 241 g/mol. The molecule has 0 bridgehead atoms. The van der Waals surface area contributed by atoms with Gasteiger partial charge in [0.25, 0.3) is 0 Å². The van der Waals surface area contributed by atoms with Crippen LogP contribution in [0.1, 0.15) is 38.2 Å². The molecule has 1 unspecified atom stereocenters. The fraction of sp³-hybridized carbons (Fsp3) is 0.625. The maximum absolute atomic E-state index is 12.9. The van der Waals surface area contributed by atoms with Gasteiger partial charge in [-0.1, -0.05) is 19.1 Å². The summed E-state index contributed by atoms with van der Waals surface area (Å²) in [5, 5.41) is 0. The van der Waals surface area contributed by atoms with E-state index in [1.54, 1.807) is 7.11 Å². The molecule has 1 aromatic carbocycles. The monoisotopic (exact) mass is 265 g/mol. The highest BCUT2D eigenvalue weighted by Gasteiger charge is 2.39. The molecule has 0 saturated heterocycles. The van der Waals surface area contributed by atoms with Crippen molar-refractivity contribution in [3.8, 4) is 0 Å². The van der Waals surface area contributed by atoms with Gasteiger partial charge >= 0.3 is 0 Å². The van der Waals surface area contributed by atoms with Crippen molar-refractivity contribution in [1.29, 1.82) is 0 Å². The minimum atomic E-state index is -0.207. The Kier molecular flexibility index (Phi) is 4.58. The molecule has 3 heteroatoms. The summed E-state index contributed by atoms with van der Waals surface area (Å²) in [6.07, 6.45) is 5.12. The first-order chi connectivity index (χ1) is 9.05. The van der Waals surface area contributed by atoms with Gasteiger partial charge in [0.1, 0.15) is 5.82 Å². The predicted octanol–water partition coefficient (Wildman–Crippen LogP) is 3.29. The summed E-state index contributed by atoms with van der Waals surface area (Å²) in [4.78, 5) is 0. The third-order valence-corrected chi connectivity index (χ3v) is 4.57. The number of methoxy groups -OCH3 is 1. The van der Waals surface area contributed by atoms with Crippen molar-refractivity contribution in [2.24, 2.45) is 11.7 Å². The maximum atomic E-state index is 12.9. The smallest absolute Gasteiger partial charge is 0.123 e. The van der Waals surface area contributed by atoms with Gasteiger partial charge in [-0.25, -0.2) is 4.39 Å². The van der Waals surface area contributed by atoms with Crippen LogP contribution in [0.3, 0.4) is 0 Å². The summed E-state index contributed by atoms with van der Waals surface area (Å²) < 4.78 is 18.7. The Hall–Kier alpha value is -0.930. The molecule has 1 aromatic rings. The van der Waals surface area contributed by atoms with Crippen molar-refractivity contribution in [2.45, 2.75) is 50.7 Å². The van der Waals surface area contributed by atoms with E-state index in [4.69, 9.17) is 10.5 Å². The van der Waals surface area contributed by atoms with Crippen molar-refractivity contribution >= 4 is 0 Å². The van der Waals surface area contributed by atoms with Crippen molar-refractivity contribution in [3.05, 3.63) is 35.6 Å². The van der Waals surface area contributed by atoms with Crippen LogP contribution >= 0.6 is 0 Å². The minimum absolute atomic E-state index is 0.0320. The second-order valence-electron chi connectivity index (χ2n) is 5.89. The molecule has 19 heavy (non-hydrogen) atoms. The summed E-state index contributed by atoms with van der Waals surface area (Å²) in [7, 11) is 1.76. The highest BCUT2D eigenvalue weighted by atomic mass is 19.1. The Bertz CT molecular complexity index is 396. The van der Waals surface area contributed by atoms with Gasteiger partial charge in [-0.2, -0.15) is 0 Å². The average Bonchev–Trinajstić information content (AvgIpc) is 2.42. The summed E-state index contributed by atoms with van der Waals surface area (Å²) >= 11 is 0. The van der Waals surface area contributed by atoms with Crippen molar-refractivity contribution in [2.75, 3.05) is 7.11 Å². The zero-order valence-corrected chi connectivity index (χ0v) is 11.9. The van der Waals surface area contributed by atoms with Crippen LogP contribution in [0.25, 0.3) is 0 Å². The Morgan fingerprint density at radius 2 is 1.89 bits per heavy atom. The number of rotatable bonds is 4. The van der Waals surface area contributed by atoms with E-state index in [0.717, 1.165) is 30.7 Å². The topological polar surface area (TPSA) is 35.2 Å². The molecule has 2 nitrogen and oxygen atoms in total. The molecule has 1 fully saturated rings. The van der Waals surface area contributed by atoms with E-state index in [-0.39, 0.29) is 17.5 Å². The van der Waals surface area contributed by atoms with Gasteiger partial charge in [0.15, 0.2) is 0 Å². The fourth-order valence-electron chi connectivity index (χ4n) is 3.04. The minimum Gasteiger partial charge on any atom is -0.377 e. The van der Waals surface area contributed by atoms with E-state index in [0.29, 0.717) is 0 Å². The quantitative estimate of drug-likeness (QED) is 0.906. The van der Waals surface area contributed by atoms with Crippen LogP contribution in [0.4, 0.5) is 4.39 Å². The first kappa shape index (κ1) is 14.5. The van der Waals surface area contributed by atoms with Gasteiger partial charge in [-0.05, 0) is 55.7 Å². The number of ether oxygens (including phenoxy) is 1. The van der Waals surface area contributed by atoms with Crippen LogP contribution in [-0.4, -0.2) is 18.8 Å². The first-order valence-electron chi connectivity index (χ1n) is 7.11. The van der Waals surface area contributed by atoms with Gasteiger partial charge in [-0.3, -0.25) is 0 Å². The van der Waals surface area contributed by atoms with E-state index < -0.39 is 0 Å². The molecule has 106 valence electrons. The number of hydrogen-bond acceptors (Lipinski definition) is 2. The average molecular weight is 265 g/mol. The zero-order valence-electron chi connectivity index (χ0n) is 11.9. The Morgan fingerprint density at radius 1 is 1.32 bits per heavy atom. The summed E-state index contributed by atoms with van der Waals surface area (Å²) in [5.74, 6) is 0.562. The molecule has 0 aromatic heterocycles. The summed E-state index contributed by atoms with van der Waals surface area (Å²) in [6.45, 7) is 2.28. The van der Waals surface area contributed by atoms with Crippen LogP contribution in [0, 0.1) is 11.7 Å². The third-order valence-electron chi connectivity index (χ3n) is 4.57. The highest BCUT2D eigenvalue weighted by molar-refractivity contribution is 5.18. The van der Waals surface area contributed by atoms with Gasteiger partial charge in [0, 0.05) is 13.2 Å². The lowest BCUT2D eigenvalue weighted by Gasteiger charge is -2.42. The first-order valence-corrected chi connectivity index (χ1v) is 7.11. The molecule has 2 rings (SSSR count). The number of nitrogens with two attached hydrogens (primary N) is 1. The summed E-state index contributed by atoms with van der Waals surface area (Å²) in [6, 6.07) is 6.57. The SMILES string of the molecule is COC1(C(N)Cc2ccc(F)cc2)CCC(C)CC1. The van der Waals surface area contributed by atoms with Crippen LogP contribution < -0.4 is 5.73 Å². The molecular formula is C16H24FNO. The third kappa shape index (κ3) is 3.34. The molecule has 1 aliphatic carbocycles. The number of hydrogen-bond donors (Lipinski definition) is 1. The molecule has 0 spiro atoms. The second-order valence-corrected chi connectivity index (χ2v) is 5.89. The lowest BCUT2D eigenvalue weighted by atomic mass is 9.74. The van der Waals surface area contributed by atoms with Gasteiger partial charge in [0.05, 0.1) is 5.60 Å². The lowest BCUT2D eigenvalue weighted by molar-refractivity contribution is -0.0659. The molecule has 0 amide bonds. The van der Waals surface area contributed by atoms with Crippen LogP contribution in [0.5, 0.6) is 0 Å². The highest BCUT2D eigenvalue weighted by Crippen LogP contribution is 2.37. The normalized spacial score (nSPS) is 29.2. The van der Waals surface area contributed by atoms with Crippen LogP contribution in [-0.2, 0) is 11.2 Å². The molecule has 1 atom stereocenters. The second kappa shape index (κ2) is 6.02. The molecule has 2 N–H and O–H groups in total. The number of benzene rings is 1. The Labute approximate surface area is 115 Å². The van der Waals surface area contributed by atoms with Gasteiger partial charge in [0.2, 0.25) is 0 Å². The van der Waals surface area contributed by atoms with E-state index in [2.05, 4.69) is 6.92 Å². The molecule has 1 aliphatic rings. The van der Waals surface area contributed by atoms with Crippen LogP contribution in [0.2, 0.25) is 0 Å². The van der Waals surface area contributed by atoms with Gasteiger partial charge < -0.3 is 10.5 Å². The van der Waals surface area contributed by atoms with Crippen molar-refractivity contribution < 1.29 is 9.13 Å². The Morgan fingerprint density at radius 3 is 2.42 bits per heavy atom. The fourth-order valence-corrected chi connectivity index (χ4v) is 3.04. The largest absolute Gasteiger partial charge is 0.377 e. The molecule has 0 radical (unpaired) electrons. The molecule has 0 aliphatic heterocycles. The molecule has 0 heterocycles. The predicted molar refractivity (Wildman–Crippen MR) is 75.5 cm³/mol. The van der Waals surface area contributed by atoms with Crippen LogP contribution in [0.15, 0.2) is 24.3 Å². The van der Waals surface area contributed by atoms with E-state index >= 15 is 0 Å². The zero-order chi connectivity index (χ0) is 13.9. The van der Waals surface area contributed by atoms with E-state index in [9.17, 15) is 4.39 Å². The molecule has 1 saturated carbocycles. The van der Waals surface area contributed by atoms with Gasteiger partial charge in [-0.15, -0.1) is 0 Å². The standard InChI is InChI=1S/C16H24FNO/c1-12-7-9-16(19-2,10-8-12)15(18)11-13-3-5-14(17)6-4-13/h3-6,12,15H,7-11,18H2,1-2H3. The van der Waals surface area contributed by atoms with E-state index in [1.807, 2.05) is 12.1 Å². The Balaban J connectivity index is 2.04. The number of halogens is 1. The van der Waals surface area contributed by atoms with Crippen molar-refractivity contribution in [3.63, 3.8) is 0 Å². The van der Waals surface area contributed by atoms with Crippen molar-refractivity contribution in [1.82, 2.24) is 0 Å². The lowest BCUT2D eigenvalue weighted by Crippen LogP contribution is -2.52. The van der Waals surface area contributed by atoms with E-state index in [1.165, 1.54) is 25.0 Å². The maximum Gasteiger partial charge on any atom is 0.123 e. The summed E-state index contributed by atoms with van der Waals surface area (Å²) in [5.41, 5.74) is 7.26.